The van der Waals surface area contributed by atoms with Gasteiger partial charge >= 0.3 is 11.9 Å². The van der Waals surface area contributed by atoms with Gasteiger partial charge in [-0.2, -0.15) is 0 Å². The Morgan fingerprint density at radius 1 is 0.269 bits per heavy atom. The fourth-order valence-electron chi connectivity index (χ4n) is 18.8. The van der Waals surface area contributed by atoms with Crippen molar-refractivity contribution in [1.82, 2.24) is 39.9 Å². The van der Waals surface area contributed by atoms with Crippen molar-refractivity contribution in [3.63, 3.8) is 0 Å². The second-order valence-electron chi connectivity index (χ2n) is 35.3. The maximum Gasteiger partial charge on any atom is 0.335 e. The fourth-order valence-corrected chi connectivity index (χ4v) is 18.8. The van der Waals surface area contributed by atoms with Gasteiger partial charge in [0.2, 0.25) is 0 Å². The minimum Gasteiger partial charge on any atom is -0.657 e. The van der Waals surface area contributed by atoms with Crippen LogP contribution in [-0.4, -0.2) is 76.2 Å². The fraction of sp³-hybridized carbons (Fsp3) is 0.229. The summed E-state index contributed by atoms with van der Waals surface area (Å²) in [6.45, 7) is 7.56. The van der Waals surface area contributed by atoms with Crippen molar-refractivity contribution in [2.24, 2.45) is 0 Å². The molecule has 0 unspecified atom stereocenters. The van der Waals surface area contributed by atoms with Gasteiger partial charge < -0.3 is 49.5 Å². The Kier molecular flexibility index (Phi) is 28.1. The number of hydrogen-bond donors (Lipinski definition) is 5. The lowest BCUT2D eigenvalue weighted by Gasteiger charge is -2.13. The van der Waals surface area contributed by atoms with Crippen LogP contribution in [0.5, 0.6) is 11.5 Å². The molecule has 16 heteroatoms. The number of hydrogen-bond acceptors (Lipinski definition) is 10. The van der Waals surface area contributed by atoms with Gasteiger partial charge in [-0.05, 0) is 250 Å². The van der Waals surface area contributed by atoms with E-state index in [4.69, 9.17) is 34.4 Å². The largest absolute Gasteiger partial charge is 0.657 e. The predicted molar refractivity (Wildman–Crippen MR) is 545 cm³/mol. The van der Waals surface area contributed by atoms with Crippen molar-refractivity contribution in [3.8, 4) is 101 Å². The summed E-state index contributed by atoms with van der Waals surface area (Å²) in [5, 5.41) is 32.1. The Balaban J connectivity index is 0.668. The third-order valence-electron chi connectivity index (χ3n) is 26.0. The summed E-state index contributed by atoms with van der Waals surface area (Å²) in [7, 11) is 0. The van der Waals surface area contributed by atoms with E-state index in [1.165, 1.54) is 138 Å². The molecule has 18 rings (SSSR count). The zero-order valence-corrected chi connectivity index (χ0v) is 76.3. The molecule has 10 heterocycles. The van der Waals surface area contributed by atoms with Gasteiger partial charge in [-0.15, -0.1) is 11.0 Å². The lowest BCUT2D eigenvalue weighted by molar-refractivity contribution is -0.255. The van der Waals surface area contributed by atoms with Gasteiger partial charge in [-0.1, -0.05) is 275 Å². The summed E-state index contributed by atoms with van der Waals surface area (Å²) >= 11 is 0. The Morgan fingerprint density at radius 2 is 0.515 bits per heavy atom. The standard InChI is InChI=1S/C118H112N8O8/c1-4-7-10-13-16-19-23-76-26-32-79(33-27-76)108-92-58-60-94(119-92)109(80-34-28-77(29-35-80)24-20-17-14-11-8-5-2)96-62-70-104(121-96)114(105-71-63-97(122-105)110(95-61-59-93(108)120-95)81-36-30-78(31-37-81)25-21-18-15-12-9-6-3)85-50-54-90(55-51-85)133-74-22-75-134-91-56-52-86(53-57-91)115-106-72-68-102(125-106)112(83-40-46-88(47-41-83)117(129)130)100-66-64-98(123-100)111(82-38-44-87(45-39-82)116(127)128)99-65-67-101(124-99)113(103-69-73-107(115)126-103)84-42-48-89(49-43-84)118(131)132/h26-73H,4-25,74-75H2,1-3H3,(H7,119,120,121,122,123,124,125,126,127,128,129,130,131,132)/p-2. The van der Waals surface area contributed by atoms with E-state index in [1.807, 2.05) is 85.0 Å². The molecule has 0 saturated heterocycles. The van der Waals surface area contributed by atoms with Gasteiger partial charge in [-0.3, -0.25) is 0 Å². The van der Waals surface area contributed by atoms with E-state index in [-0.39, 0.29) is 16.7 Å². The summed E-state index contributed by atoms with van der Waals surface area (Å²) in [5.41, 5.74) is 30.0. The number of aromatic nitrogens is 8. The summed E-state index contributed by atoms with van der Waals surface area (Å²) < 4.78 is 13.1. The molecule has 4 aliphatic heterocycles. The first-order valence-corrected chi connectivity index (χ1v) is 47.8. The van der Waals surface area contributed by atoms with Crippen LogP contribution in [0.25, 0.3) is 182 Å². The van der Waals surface area contributed by atoms with Crippen LogP contribution in [0, 0.1) is 0 Å². The molecule has 134 heavy (non-hydrogen) atoms. The molecule has 0 saturated carbocycles. The molecule has 672 valence electrons. The zero-order chi connectivity index (χ0) is 91.8. The molecule has 0 amide bonds. The topological polar surface area (TPSA) is 246 Å². The average molecular weight is 1770 g/mol. The highest BCUT2D eigenvalue weighted by atomic mass is 16.5. The minimum atomic E-state index is -1.31. The number of carboxylic acid groups (broad SMARTS) is 3. The molecule has 4 aliphatic rings. The number of aromatic amines is 3. The molecular weight excluding hydrogens is 1660 g/mol. The Bertz CT molecular complexity index is 6970. The second-order valence-corrected chi connectivity index (χ2v) is 35.3. The molecular formula is C118H110N8O8-2. The van der Waals surface area contributed by atoms with E-state index in [9.17, 15) is 29.7 Å². The SMILES string of the molecule is CCCCCCCCc1ccc(-c2c3nc(c(-c4ccc(OCCCOc5ccc(-c6c7nc(c(-c8ccc(C(=O)O)cc8)c8nc(c(-c9ccc(C(=O)[O-])cc9)c9ccc([nH]9)c(-c9ccc(C(=O)O)cc9)c9ccc6[nH]9)C=C8)C=C7)cc5)cc4)c4nc(c(-c5ccc(CCCCCCCC)cc5)c5ccc([nH]5)c(-c5ccc(CCCCCCCC)cc5)c5ccc2[n-]5)C=C4)C=C3)cc1. The van der Waals surface area contributed by atoms with Crippen LogP contribution < -0.4 is 19.6 Å². The molecule has 6 aromatic heterocycles. The van der Waals surface area contributed by atoms with E-state index >= 15 is 0 Å². The van der Waals surface area contributed by atoms with E-state index in [2.05, 4.69) is 169 Å². The van der Waals surface area contributed by atoms with Crippen molar-refractivity contribution in [2.75, 3.05) is 13.2 Å². The number of aryl methyl sites for hydroxylation is 3. The summed E-state index contributed by atoms with van der Waals surface area (Å²) in [4.78, 5) is 75.8. The quantitative estimate of drug-likeness (QED) is 0.0226. The number of carbonyl (C=O) groups is 3. The van der Waals surface area contributed by atoms with Crippen molar-refractivity contribution in [1.29, 1.82) is 0 Å². The first kappa shape index (κ1) is 89.6. The first-order valence-electron chi connectivity index (χ1n) is 47.8. The van der Waals surface area contributed by atoms with E-state index < -0.39 is 17.9 Å². The van der Waals surface area contributed by atoms with Crippen LogP contribution in [0.3, 0.4) is 0 Å². The Labute approximate surface area is 782 Å². The van der Waals surface area contributed by atoms with Gasteiger partial charge in [0.1, 0.15) is 11.5 Å². The van der Waals surface area contributed by atoms with Gasteiger partial charge in [0.15, 0.2) is 0 Å². The van der Waals surface area contributed by atoms with Crippen LogP contribution in [0.1, 0.15) is 236 Å². The molecule has 0 atom stereocenters. The maximum absolute atomic E-state index is 12.3. The van der Waals surface area contributed by atoms with Gasteiger partial charge in [0.05, 0.1) is 75.9 Å². The lowest BCUT2D eigenvalue weighted by atomic mass is 9.99. The van der Waals surface area contributed by atoms with Crippen molar-refractivity contribution < 1.29 is 39.2 Å². The predicted octanol–water partition coefficient (Wildman–Crippen LogP) is 28.9. The lowest BCUT2D eigenvalue weighted by Crippen LogP contribution is -2.21. The third-order valence-corrected chi connectivity index (χ3v) is 26.0. The van der Waals surface area contributed by atoms with Gasteiger partial charge in [0.25, 0.3) is 0 Å². The number of ether oxygens (including phenoxy) is 2. The smallest absolute Gasteiger partial charge is 0.335 e. The van der Waals surface area contributed by atoms with Crippen LogP contribution in [-0.2, 0) is 19.3 Å². The number of nitrogens with zero attached hydrogens (tertiary/aromatic N) is 5. The number of rotatable bonds is 38. The van der Waals surface area contributed by atoms with Crippen LogP contribution in [0.4, 0.5) is 0 Å². The highest BCUT2D eigenvalue weighted by molar-refractivity contribution is 6.04. The molecule has 16 nitrogen and oxygen atoms in total. The summed E-state index contributed by atoms with van der Waals surface area (Å²) in [6, 6.07) is 80.2. The highest BCUT2D eigenvalue weighted by Crippen LogP contribution is 2.44. The number of benzene rings is 8. The van der Waals surface area contributed by atoms with Crippen LogP contribution in [0.2, 0.25) is 0 Å². The molecule has 0 radical (unpaired) electrons. The molecule has 0 spiro atoms. The zero-order valence-electron chi connectivity index (χ0n) is 76.3. The summed E-state index contributed by atoms with van der Waals surface area (Å²) in [5.74, 6) is -2.06. The number of aromatic carboxylic acids is 3. The molecule has 14 aromatic rings. The second kappa shape index (κ2) is 42.0. The number of carbonyl (C=O) groups excluding carboxylic acids is 1. The average Bonchev–Trinajstić information content (AvgIpc) is 1.62. The number of unbranched alkanes of at least 4 members (excludes halogenated alkanes) is 15. The Morgan fingerprint density at radius 3 is 0.843 bits per heavy atom. The van der Waals surface area contributed by atoms with Crippen LogP contribution >= 0.6 is 0 Å². The number of H-pyrrole nitrogens is 3. The number of nitrogens with one attached hydrogen (secondary N) is 3. The normalized spacial score (nSPS) is 12.0. The van der Waals surface area contributed by atoms with Crippen molar-refractivity contribution in [2.45, 2.75) is 162 Å². The molecule has 0 fully saturated rings. The van der Waals surface area contributed by atoms with Gasteiger partial charge in [0, 0.05) is 72.9 Å². The Hall–Kier alpha value is -15.0. The maximum atomic E-state index is 12.3. The monoisotopic (exact) mass is 1770 g/mol. The first-order chi connectivity index (χ1) is 65.8. The third kappa shape index (κ3) is 20.5. The molecule has 5 N–H and O–H groups in total. The molecule has 16 bridgehead atoms. The van der Waals surface area contributed by atoms with Crippen molar-refractivity contribution in [3.05, 3.63) is 322 Å². The minimum absolute atomic E-state index is 0.0127. The number of carboxylic acids is 3. The van der Waals surface area contributed by atoms with Crippen molar-refractivity contribution >= 4 is 111 Å². The number of fused-ring (bicyclic) bond motifs is 16. The molecule has 0 aliphatic carbocycles. The summed E-state index contributed by atoms with van der Waals surface area (Å²) in [6.07, 6.45) is 42.5. The van der Waals surface area contributed by atoms with Gasteiger partial charge in [-0.25, -0.2) is 29.5 Å². The molecule has 8 aromatic carbocycles. The van der Waals surface area contributed by atoms with E-state index in [0.717, 1.165) is 143 Å². The highest BCUT2D eigenvalue weighted by Gasteiger charge is 2.25. The van der Waals surface area contributed by atoms with E-state index in [1.54, 1.807) is 60.7 Å². The van der Waals surface area contributed by atoms with Crippen LogP contribution in [0.15, 0.2) is 243 Å². The van der Waals surface area contributed by atoms with E-state index in [0.29, 0.717) is 92.7 Å².